The summed E-state index contributed by atoms with van der Waals surface area (Å²) in [6, 6.07) is 12.1. The molecule has 3 aromatic rings. The molecule has 2 aliphatic heterocycles. The van der Waals surface area contributed by atoms with Crippen LogP contribution in [0.25, 0.3) is 11.1 Å². The molecule has 2 saturated heterocycles. The fourth-order valence-electron chi connectivity index (χ4n) is 6.20. The predicted molar refractivity (Wildman–Crippen MR) is 171 cm³/mol. The van der Waals surface area contributed by atoms with Crippen LogP contribution >= 0.6 is 0 Å². The highest BCUT2D eigenvalue weighted by Gasteiger charge is 2.26. The van der Waals surface area contributed by atoms with Crippen LogP contribution in [0.1, 0.15) is 51.0 Å². The third-order valence-electron chi connectivity index (χ3n) is 8.66. The van der Waals surface area contributed by atoms with E-state index < -0.39 is 4.92 Å². The van der Waals surface area contributed by atoms with Gasteiger partial charge in [-0.05, 0) is 68.8 Å². The molecule has 4 heterocycles. The number of pyridine rings is 1. The lowest BCUT2D eigenvalue weighted by atomic mass is 10.00. The summed E-state index contributed by atoms with van der Waals surface area (Å²) >= 11 is 0. The number of nitro groups is 1. The lowest BCUT2D eigenvalue weighted by Crippen LogP contribution is -2.48. The van der Waals surface area contributed by atoms with Gasteiger partial charge in [-0.25, -0.2) is 4.98 Å². The number of nitrogen functional groups attached to an aromatic ring is 1. The minimum Gasteiger partial charge on any atom is -0.378 e. The summed E-state index contributed by atoms with van der Waals surface area (Å²) in [5.41, 5.74) is 9.66. The van der Waals surface area contributed by atoms with E-state index in [9.17, 15) is 14.9 Å². The van der Waals surface area contributed by atoms with E-state index in [-0.39, 0.29) is 17.4 Å². The van der Waals surface area contributed by atoms with Crippen molar-refractivity contribution in [1.82, 2.24) is 19.4 Å². The van der Waals surface area contributed by atoms with Crippen LogP contribution in [0.3, 0.4) is 0 Å². The molecule has 11 heteroatoms. The predicted octanol–water partition coefficient (Wildman–Crippen LogP) is 4.99. The quantitative estimate of drug-likeness (QED) is 0.153. The Bertz CT molecular complexity index is 1380. The van der Waals surface area contributed by atoms with Crippen molar-refractivity contribution in [2.24, 2.45) is 0 Å². The van der Waals surface area contributed by atoms with Crippen molar-refractivity contribution in [3.8, 4) is 11.1 Å². The van der Waals surface area contributed by atoms with Crippen molar-refractivity contribution in [3.63, 3.8) is 0 Å². The van der Waals surface area contributed by atoms with Crippen LogP contribution in [0.4, 0.5) is 23.0 Å². The second-order valence-corrected chi connectivity index (χ2v) is 11.7. The number of carbonyl (C=O) groups is 1. The number of nitrogens with zero attached hydrogens (tertiary/aromatic N) is 5. The van der Waals surface area contributed by atoms with Crippen LogP contribution in [0.5, 0.6) is 0 Å². The molecule has 0 bridgehead atoms. The number of anilines is 3. The van der Waals surface area contributed by atoms with E-state index in [1.807, 2.05) is 6.20 Å². The Kier molecular flexibility index (Phi) is 10.3. The fraction of sp³-hybridized carbons (Fsp3) is 0.500. The van der Waals surface area contributed by atoms with Gasteiger partial charge in [-0.1, -0.05) is 37.6 Å². The number of benzene rings is 1. The standard InChI is InChI=1S/C32H44N8O3/c1-2-24-7-9-25(10-8-24)27-21-38(16-6-15-34-30-12-11-29(40(42)43)32(33)36-30)22-28(27)35-31(41)23-37-19-13-26(14-20-37)39-17-4-3-5-18-39/h7-12,21-22,26H,2-6,13-20,23H2,1H3,(H,35,41)(H3,33,34,36). The Morgan fingerprint density at radius 3 is 2.47 bits per heavy atom. The summed E-state index contributed by atoms with van der Waals surface area (Å²) in [5, 5.41) is 17.4. The van der Waals surface area contributed by atoms with Gasteiger partial charge in [0, 0.05) is 56.2 Å². The molecular weight excluding hydrogens is 544 g/mol. The van der Waals surface area contributed by atoms with Gasteiger partial charge in [-0.3, -0.25) is 19.8 Å². The first-order chi connectivity index (χ1) is 20.9. The van der Waals surface area contributed by atoms with Crippen molar-refractivity contribution < 1.29 is 9.72 Å². The third kappa shape index (κ3) is 8.11. The molecule has 0 atom stereocenters. The normalized spacial score (nSPS) is 16.7. The maximum Gasteiger partial charge on any atom is 0.311 e. The van der Waals surface area contributed by atoms with Gasteiger partial charge in [0.1, 0.15) is 5.82 Å². The lowest BCUT2D eigenvalue weighted by molar-refractivity contribution is -0.384. The summed E-state index contributed by atoms with van der Waals surface area (Å²) in [6.07, 6.45) is 12.1. The van der Waals surface area contributed by atoms with E-state index in [4.69, 9.17) is 5.73 Å². The van der Waals surface area contributed by atoms with Crippen molar-refractivity contribution in [2.45, 2.75) is 64.5 Å². The number of likely N-dealkylation sites (tertiary alicyclic amines) is 2. The Hall–Kier alpha value is -3.96. The summed E-state index contributed by atoms with van der Waals surface area (Å²) in [6.45, 7) is 8.24. The number of carbonyl (C=O) groups excluding carboxylic acids is 1. The fourth-order valence-corrected chi connectivity index (χ4v) is 6.20. The topological polar surface area (TPSA) is 135 Å². The molecule has 4 N–H and O–H groups in total. The molecule has 230 valence electrons. The van der Waals surface area contributed by atoms with Crippen LogP contribution in [0.15, 0.2) is 48.8 Å². The number of nitrogens with two attached hydrogens (primary N) is 1. The Morgan fingerprint density at radius 2 is 1.79 bits per heavy atom. The van der Waals surface area contributed by atoms with Crippen LogP contribution in [-0.2, 0) is 17.8 Å². The molecule has 0 radical (unpaired) electrons. The molecule has 0 unspecified atom stereocenters. The Balaban J connectivity index is 1.18. The Labute approximate surface area is 253 Å². The number of nitrogens with one attached hydrogen (secondary N) is 2. The number of piperidine rings is 2. The van der Waals surface area contributed by atoms with Crippen LogP contribution in [-0.4, -0.2) is 75.5 Å². The van der Waals surface area contributed by atoms with Gasteiger partial charge in [0.15, 0.2) is 0 Å². The first-order valence-electron chi connectivity index (χ1n) is 15.6. The summed E-state index contributed by atoms with van der Waals surface area (Å²) < 4.78 is 2.10. The Morgan fingerprint density at radius 1 is 1.05 bits per heavy atom. The van der Waals surface area contributed by atoms with E-state index in [1.54, 1.807) is 6.07 Å². The maximum absolute atomic E-state index is 13.2. The molecule has 1 aromatic carbocycles. The average molecular weight is 589 g/mol. The molecular formula is C32H44N8O3. The minimum atomic E-state index is -0.541. The molecule has 5 rings (SSSR count). The van der Waals surface area contributed by atoms with Gasteiger partial charge in [-0.2, -0.15) is 0 Å². The number of hydrogen-bond acceptors (Lipinski definition) is 8. The zero-order chi connectivity index (χ0) is 30.2. The highest BCUT2D eigenvalue weighted by molar-refractivity contribution is 5.96. The third-order valence-corrected chi connectivity index (χ3v) is 8.66. The number of amides is 1. The molecule has 2 aliphatic rings. The minimum absolute atomic E-state index is 0.0177. The molecule has 2 aromatic heterocycles. The second-order valence-electron chi connectivity index (χ2n) is 11.7. The lowest BCUT2D eigenvalue weighted by Gasteiger charge is -2.40. The van der Waals surface area contributed by atoms with E-state index in [1.165, 1.54) is 44.0 Å². The van der Waals surface area contributed by atoms with Crippen molar-refractivity contribution in [2.75, 3.05) is 55.6 Å². The van der Waals surface area contributed by atoms with E-state index in [0.29, 0.717) is 24.9 Å². The molecule has 0 aliphatic carbocycles. The van der Waals surface area contributed by atoms with Crippen molar-refractivity contribution in [3.05, 3.63) is 64.5 Å². The van der Waals surface area contributed by atoms with Crippen LogP contribution in [0, 0.1) is 10.1 Å². The van der Waals surface area contributed by atoms with Crippen LogP contribution in [0.2, 0.25) is 0 Å². The van der Waals surface area contributed by atoms with Crippen molar-refractivity contribution >= 4 is 28.9 Å². The number of rotatable bonds is 12. The van der Waals surface area contributed by atoms with Gasteiger partial charge in [0.2, 0.25) is 11.7 Å². The van der Waals surface area contributed by atoms with Crippen molar-refractivity contribution in [1.29, 1.82) is 0 Å². The molecule has 1 amide bonds. The summed E-state index contributed by atoms with van der Waals surface area (Å²) in [5.74, 6) is 0.412. The van der Waals surface area contributed by atoms with Crippen LogP contribution < -0.4 is 16.4 Å². The SMILES string of the molecule is CCc1ccc(-c2cn(CCCNc3ccc([N+](=O)[O-])c(N)n3)cc2NC(=O)CN2CCC(N3CCCCC3)CC2)cc1. The maximum atomic E-state index is 13.2. The van der Waals surface area contributed by atoms with Gasteiger partial charge in [0.25, 0.3) is 0 Å². The van der Waals surface area contributed by atoms with Gasteiger partial charge >= 0.3 is 5.69 Å². The second kappa shape index (κ2) is 14.5. The molecule has 43 heavy (non-hydrogen) atoms. The van der Waals surface area contributed by atoms with Gasteiger partial charge in [-0.15, -0.1) is 0 Å². The number of hydrogen-bond donors (Lipinski definition) is 3. The number of aryl methyl sites for hydroxylation is 2. The van der Waals surface area contributed by atoms with Gasteiger partial charge in [0.05, 0.1) is 17.2 Å². The van der Waals surface area contributed by atoms with Gasteiger partial charge < -0.3 is 25.8 Å². The molecule has 2 fully saturated rings. The molecule has 0 spiro atoms. The average Bonchev–Trinajstić information content (AvgIpc) is 3.42. The van der Waals surface area contributed by atoms with E-state index in [2.05, 4.69) is 67.4 Å². The molecule has 0 saturated carbocycles. The largest absolute Gasteiger partial charge is 0.378 e. The number of aromatic nitrogens is 2. The molecule has 11 nitrogen and oxygen atoms in total. The smallest absolute Gasteiger partial charge is 0.311 e. The first kappa shape index (κ1) is 30.5. The monoisotopic (exact) mass is 588 g/mol. The summed E-state index contributed by atoms with van der Waals surface area (Å²) in [7, 11) is 0. The zero-order valence-corrected chi connectivity index (χ0v) is 25.1. The zero-order valence-electron chi connectivity index (χ0n) is 25.1. The highest BCUT2D eigenvalue weighted by Crippen LogP contribution is 2.30. The van der Waals surface area contributed by atoms with E-state index >= 15 is 0 Å². The van der Waals surface area contributed by atoms with E-state index in [0.717, 1.165) is 62.1 Å². The summed E-state index contributed by atoms with van der Waals surface area (Å²) in [4.78, 5) is 32.7. The highest BCUT2D eigenvalue weighted by atomic mass is 16.6. The first-order valence-corrected chi connectivity index (χ1v) is 15.6.